The summed E-state index contributed by atoms with van der Waals surface area (Å²) in [4.78, 5) is 19.0. The first-order valence-electron chi connectivity index (χ1n) is 9.94. The SMILES string of the molecule is CCN(CC)c1ccc([C@H]2c3sc(=O)[nH]c3S[C@@H]3[C@H]4CC[C@@H](C4)[C@@H]23)cc1. The summed E-state index contributed by atoms with van der Waals surface area (Å²) in [6, 6.07) is 9.21. The normalized spacial score (nSPS) is 31.7. The highest BCUT2D eigenvalue weighted by molar-refractivity contribution is 8.00. The van der Waals surface area contributed by atoms with E-state index in [1.54, 1.807) is 0 Å². The molecule has 0 radical (unpaired) electrons. The van der Waals surface area contributed by atoms with Crippen LogP contribution in [0.25, 0.3) is 0 Å². The molecule has 0 saturated heterocycles. The Bertz CT molecular complexity index is 852. The van der Waals surface area contributed by atoms with Crippen LogP contribution < -0.4 is 9.77 Å². The molecule has 0 amide bonds. The van der Waals surface area contributed by atoms with Gasteiger partial charge < -0.3 is 9.88 Å². The molecule has 2 bridgehead atoms. The molecule has 138 valence electrons. The van der Waals surface area contributed by atoms with Gasteiger partial charge >= 0.3 is 4.87 Å². The number of aromatic amines is 1. The molecule has 0 spiro atoms. The van der Waals surface area contributed by atoms with Gasteiger partial charge in [-0.2, -0.15) is 0 Å². The van der Waals surface area contributed by atoms with Gasteiger partial charge in [0.1, 0.15) is 0 Å². The molecule has 1 N–H and O–H groups in total. The average molecular weight is 387 g/mol. The van der Waals surface area contributed by atoms with Gasteiger partial charge in [0.25, 0.3) is 0 Å². The number of hydrogen-bond acceptors (Lipinski definition) is 4. The summed E-state index contributed by atoms with van der Waals surface area (Å²) in [5, 5.41) is 1.85. The van der Waals surface area contributed by atoms with Crippen LogP contribution in [0.5, 0.6) is 0 Å². The Hall–Kier alpha value is -1.20. The third kappa shape index (κ3) is 2.50. The fraction of sp³-hybridized carbons (Fsp3) is 0.571. The zero-order chi connectivity index (χ0) is 17.8. The van der Waals surface area contributed by atoms with E-state index in [0.29, 0.717) is 17.1 Å². The summed E-state index contributed by atoms with van der Waals surface area (Å²) in [6.45, 7) is 6.49. The zero-order valence-electron chi connectivity index (χ0n) is 15.4. The Kier molecular flexibility index (Phi) is 4.20. The molecular formula is C21H26N2OS2. The van der Waals surface area contributed by atoms with E-state index in [2.05, 4.69) is 48.0 Å². The number of H-pyrrole nitrogens is 1. The highest BCUT2D eigenvalue weighted by Crippen LogP contribution is 2.63. The summed E-state index contributed by atoms with van der Waals surface area (Å²) >= 11 is 3.42. The number of nitrogens with one attached hydrogen (secondary N) is 1. The van der Waals surface area contributed by atoms with E-state index in [1.807, 2.05) is 11.8 Å². The van der Waals surface area contributed by atoms with E-state index < -0.39 is 0 Å². The van der Waals surface area contributed by atoms with Gasteiger partial charge in [0.2, 0.25) is 0 Å². The fourth-order valence-corrected chi connectivity index (χ4v) is 8.60. The number of thiazole rings is 1. The maximum Gasteiger partial charge on any atom is 0.305 e. The lowest BCUT2D eigenvalue weighted by Crippen LogP contribution is -2.33. The molecule has 1 aromatic heterocycles. The van der Waals surface area contributed by atoms with Crippen LogP contribution in [0.2, 0.25) is 0 Å². The molecule has 2 aliphatic carbocycles. The van der Waals surface area contributed by atoms with E-state index in [1.165, 1.54) is 46.7 Å². The minimum Gasteiger partial charge on any atom is -0.372 e. The fourth-order valence-electron chi connectivity index (χ4n) is 5.70. The van der Waals surface area contributed by atoms with Crippen molar-refractivity contribution in [1.82, 2.24) is 4.98 Å². The van der Waals surface area contributed by atoms with Gasteiger partial charge in [-0.25, -0.2) is 0 Å². The first-order chi connectivity index (χ1) is 12.7. The van der Waals surface area contributed by atoms with Crippen LogP contribution in [0, 0.1) is 17.8 Å². The topological polar surface area (TPSA) is 36.1 Å². The summed E-state index contributed by atoms with van der Waals surface area (Å²) < 4.78 is 0. The van der Waals surface area contributed by atoms with Crippen LogP contribution >= 0.6 is 23.1 Å². The minimum atomic E-state index is 0.111. The van der Waals surface area contributed by atoms with Gasteiger partial charge in [-0.1, -0.05) is 23.5 Å². The predicted octanol–water partition coefficient (Wildman–Crippen LogP) is 4.93. The molecule has 2 fully saturated rings. The average Bonchev–Trinajstić information content (AvgIpc) is 3.35. The van der Waals surface area contributed by atoms with Crippen molar-refractivity contribution < 1.29 is 0 Å². The second-order valence-corrected chi connectivity index (χ2v) is 10.1. The van der Waals surface area contributed by atoms with Crippen molar-refractivity contribution in [2.24, 2.45) is 17.8 Å². The number of nitrogens with zero attached hydrogens (tertiary/aromatic N) is 1. The van der Waals surface area contributed by atoms with Crippen LogP contribution in [0.1, 0.15) is 49.5 Å². The van der Waals surface area contributed by atoms with Crippen LogP contribution in [0.15, 0.2) is 34.1 Å². The zero-order valence-corrected chi connectivity index (χ0v) is 17.0. The van der Waals surface area contributed by atoms with Crippen molar-refractivity contribution in [2.45, 2.75) is 49.3 Å². The molecular weight excluding hydrogens is 360 g/mol. The smallest absolute Gasteiger partial charge is 0.305 e. The largest absolute Gasteiger partial charge is 0.372 e. The third-order valence-corrected chi connectivity index (χ3v) is 9.47. The van der Waals surface area contributed by atoms with E-state index >= 15 is 0 Å². The van der Waals surface area contributed by atoms with E-state index in [0.717, 1.165) is 30.0 Å². The number of hydrogen-bond donors (Lipinski definition) is 1. The molecule has 5 heteroatoms. The molecule has 0 unspecified atom stereocenters. The Balaban J connectivity index is 1.56. The molecule has 5 atom stereocenters. The third-order valence-electron chi connectivity index (χ3n) is 6.85. The number of fused-ring (bicyclic) bond motifs is 6. The van der Waals surface area contributed by atoms with Crippen molar-refractivity contribution in [3.05, 3.63) is 44.4 Å². The van der Waals surface area contributed by atoms with Crippen LogP contribution in [-0.2, 0) is 0 Å². The standard InChI is InChI=1S/C21H26N2OS2/c1-3-23(4-2)15-9-7-12(8-10-15)16-17-13-5-6-14(11-13)18(17)25-20-19(16)26-21(24)22-20/h7-10,13-14,16-18H,3-6,11H2,1-2H3,(H,22,24)/t13-,14-,16+,17-,18+/m0/s1. The number of aromatic nitrogens is 1. The molecule has 2 aromatic rings. The lowest BCUT2D eigenvalue weighted by molar-refractivity contribution is 0.307. The number of anilines is 1. The van der Waals surface area contributed by atoms with Gasteiger partial charge in [-0.15, -0.1) is 11.8 Å². The Labute approximate surface area is 163 Å². The molecule has 2 saturated carbocycles. The predicted molar refractivity (Wildman–Crippen MR) is 111 cm³/mol. The minimum absolute atomic E-state index is 0.111. The summed E-state index contributed by atoms with van der Waals surface area (Å²) in [5.74, 6) is 2.80. The molecule has 1 aromatic carbocycles. The summed E-state index contributed by atoms with van der Waals surface area (Å²) in [6.07, 6.45) is 4.17. The van der Waals surface area contributed by atoms with Crippen molar-refractivity contribution in [1.29, 1.82) is 0 Å². The second-order valence-electron chi connectivity index (χ2n) is 7.94. The number of benzene rings is 1. The molecule has 26 heavy (non-hydrogen) atoms. The molecule has 5 rings (SSSR count). The lowest BCUT2D eigenvalue weighted by atomic mass is 9.75. The van der Waals surface area contributed by atoms with Crippen LogP contribution in [0.3, 0.4) is 0 Å². The van der Waals surface area contributed by atoms with Crippen molar-refractivity contribution in [3.8, 4) is 0 Å². The van der Waals surface area contributed by atoms with E-state index in [9.17, 15) is 4.79 Å². The number of rotatable bonds is 4. The van der Waals surface area contributed by atoms with Crippen LogP contribution in [0.4, 0.5) is 5.69 Å². The molecule has 2 heterocycles. The second kappa shape index (κ2) is 6.45. The maximum atomic E-state index is 12.1. The molecule has 3 nitrogen and oxygen atoms in total. The highest BCUT2D eigenvalue weighted by Gasteiger charge is 2.54. The number of thioether (sulfide) groups is 1. The van der Waals surface area contributed by atoms with Gasteiger partial charge in [-0.3, -0.25) is 4.79 Å². The van der Waals surface area contributed by atoms with Crippen LogP contribution in [-0.4, -0.2) is 23.3 Å². The highest BCUT2D eigenvalue weighted by atomic mass is 32.2. The van der Waals surface area contributed by atoms with Crippen molar-refractivity contribution >= 4 is 28.8 Å². The van der Waals surface area contributed by atoms with Gasteiger partial charge in [-0.05, 0) is 68.6 Å². The Morgan fingerprint density at radius 3 is 2.58 bits per heavy atom. The maximum absolute atomic E-state index is 12.1. The quantitative estimate of drug-likeness (QED) is 0.809. The molecule has 3 aliphatic rings. The van der Waals surface area contributed by atoms with Crippen molar-refractivity contribution in [3.63, 3.8) is 0 Å². The first kappa shape index (κ1) is 16.9. The lowest BCUT2D eigenvalue weighted by Gasteiger charge is -2.40. The Morgan fingerprint density at radius 1 is 1.12 bits per heavy atom. The van der Waals surface area contributed by atoms with Gasteiger partial charge in [0.15, 0.2) is 0 Å². The van der Waals surface area contributed by atoms with Gasteiger partial charge in [0, 0.05) is 34.8 Å². The van der Waals surface area contributed by atoms with E-state index in [4.69, 9.17) is 0 Å². The van der Waals surface area contributed by atoms with E-state index in [-0.39, 0.29) is 4.87 Å². The first-order valence-corrected chi connectivity index (χ1v) is 11.6. The van der Waals surface area contributed by atoms with Gasteiger partial charge in [0.05, 0.1) is 5.03 Å². The van der Waals surface area contributed by atoms with Crippen molar-refractivity contribution in [2.75, 3.05) is 18.0 Å². The summed E-state index contributed by atoms with van der Waals surface area (Å²) in [7, 11) is 0. The monoisotopic (exact) mass is 386 g/mol. The Morgan fingerprint density at radius 2 is 1.85 bits per heavy atom. The molecule has 1 aliphatic heterocycles. The summed E-state index contributed by atoms with van der Waals surface area (Å²) in [5.41, 5.74) is 2.70.